The third-order valence-electron chi connectivity index (χ3n) is 4.12. The van der Waals surface area contributed by atoms with E-state index < -0.39 is 11.2 Å². The minimum atomic E-state index is -0.551. The maximum atomic E-state index is 12.4. The van der Waals surface area contributed by atoms with Crippen molar-refractivity contribution in [2.24, 2.45) is 13.0 Å². The molecule has 0 radical (unpaired) electrons. The van der Waals surface area contributed by atoms with Crippen LogP contribution in [0.4, 0.5) is 0 Å². The van der Waals surface area contributed by atoms with E-state index in [9.17, 15) is 9.59 Å². The summed E-state index contributed by atoms with van der Waals surface area (Å²) in [6.45, 7) is 8.90. The molecular weight excluding hydrogens is 292 g/mol. The molecule has 2 aliphatic heterocycles. The Bertz CT molecular complexity index is 998. The van der Waals surface area contributed by atoms with E-state index in [1.54, 1.807) is 0 Å². The van der Waals surface area contributed by atoms with Crippen molar-refractivity contribution in [2.45, 2.75) is 34.2 Å². The highest BCUT2D eigenvalue weighted by molar-refractivity contribution is 5.81. The molecule has 0 saturated heterocycles. The van der Waals surface area contributed by atoms with Gasteiger partial charge < -0.3 is 4.57 Å². The second-order valence-electron chi connectivity index (χ2n) is 6.47. The predicted octanol–water partition coefficient (Wildman–Crippen LogP) is 1.87. The number of nitrogens with zero attached hydrogens (tertiary/aromatic N) is 4. The van der Waals surface area contributed by atoms with Crippen LogP contribution in [0.25, 0.3) is 22.6 Å². The number of hydrogen-bond donors (Lipinski definition) is 0. The van der Waals surface area contributed by atoms with Gasteiger partial charge in [-0.25, -0.2) is 9.78 Å². The van der Waals surface area contributed by atoms with Crippen LogP contribution in [-0.2, 0) is 13.6 Å². The van der Waals surface area contributed by atoms with Gasteiger partial charge in [0, 0.05) is 13.6 Å². The van der Waals surface area contributed by atoms with Crippen molar-refractivity contribution in [1.82, 2.24) is 19.1 Å². The Morgan fingerprint density at radius 1 is 1.09 bits per heavy atom. The van der Waals surface area contributed by atoms with Gasteiger partial charge in [-0.2, -0.15) is 4.98 Å². The van der Waals surface area contributed by atoms with Crippen LogP contribution >= 0.6 is 0 Å². The Morgan fingerprint density at radius 3 is 2.39 bits per heavy atom. The number of aryl methyl sites for hydroxylation is 2. The highest BCUT2D eigenvalue weighted by Gasteiger charge is 2.21. The van der Waals surface area contributed by atoms with Crippen molar-refractivity contribution < 1.29 is 0 Å². The second-order valence-corrected chi connectivity index (χ2v) is 6.47. The van der Waals surface area contributed by atoms with Crippen LogP contribution in [0, 0.1) is 19.8 Å². The van der Waals surface area contributed by atoms with Gasteiger partial charge in [0.15, 0.2) is 11.5 Å². The molecule has 120 valence electrons. The summed E-state index contributed by atoms with van der Waals surface area (Å²) < 4.78 is 2.94. The minimum Gasteiger partial charge on any atom is -0.322 e. The van der Waals surface area contributed by atoms with E-state index in [-0.39, 0.29) is 5.69 Å². The summed E-state index contributed by atoms with van der Waals surface area (Å²) in [6, 6.07) is 4.02. The molecule has 0 amide bonds. The number of aromatic nitrogens is 4. The van der Waals surface area contributed by atoms with Gasteiger partial charge in [0.25, 0.3) is 5.56 Å². The lowest BCUT2D eigenvalue weighted by molar-refractivity contribution is 0.528. The van der Waals surface area contributed by atoms with E-state index in [2.05, 4.69) is 23.8 Å². The maximum Gasteiger partial charge on any atom is 0.352 e. The fourth-order valence-corrected chi connectivity index (χ4v) is 2.72. The first-order valence-corrected chi connectivity index (χ1v) is 7.68. The first-order valence-electron chi connectivity index (χ1n) is 7.68. The number of fused-ring (bicyclic) bond motifs is 2. The van der Waals surface area contributed by atoms with Crippen molar-refractivity contribution in [1.29, 1.82) is 0 Å². The molecule has 1 aromatic carbocycles. The summed E-state index contributed by atoms with van der Waals surface area (Å²) in [7, 11) is 1.43. The van der Waals surface area contributed by atoms with Crippen LogP contribution < -0.4 is 11.2 Å². The van der Waals surface area contributed by atoms with Gasteiger partial charge in [0.2, 0.25) is 0 Å². The van der Waals surface area contributed by atoms with Crippen LogP contribution in [0.15, 0.2) is 21.7 Å². The van der Waals surface area contributed by atoms with Gasteiger partial charge in [-0.15, -0.1) is 0 Å². The number of hydrogen-bond acceptors (Lipinski definition) is 4. The quantitative estimate of drug-likeness (QED) is 0.677. The highest BCUT2D eigenvalue weighted by Crippen LogP contribution is 2.24. The van der Waals surface area contributed by atoms with Crippen molar-refractivity contribution in [3.63, 3.8) is 0 Å². The summed E-state index contributed by atoms with van der Waals surface area (Å²) in [4.78, 5) is 33.0. The standard InChI is InChI=1S/C17H20N4O2/c1-9(2)8-21-13-7-11(4)10(3)6-12(13)18-14-15(21)19-17(23)20(5)16(14)22/h6-7,9H,8H2,1-5H3. The average Bonchev–Trinajstić information content (AvgIpc) is 2.48. The monoisotopic (exact) mass is 312 g/mol. The van der Waals surface area contributed by atoms with Crippen LogP contribution in [0.3, 0.4) is 0 Å². The largest absolute Gasteiger partial charge is 0.352 e. The lowest BCUT2D eigenvalue weighted by atomic mass is 10.1. The Kier molecular flexibility index (Phi) is 3.55. The summed E-state index contributed by atoms with van der Waals surface area (Å²) >= 11 is 0. The summed E-state index contributed by atoms with van der Waals surface area (Å²) in [6.07, 6.45) is 0. The molecule has 1 aromatic rings. The van der Waals surface area contributed by atoms with Crippen molar-refractivity contribution >= 4 is 11.0 Å². The lowest BCUT2D eigenvalue weighted by Gasteiger charge is -2.19. The zero-order valence-electron chi connectivity index (χ0n) is 14.0. The van der Waals surface area contributed by atoms with Crippen molar-refractivity contribution in [3.05, 3.63) is 44.1 Å². The second kappa shape index (κ2) is 5.30. The van der Waals surface area contributed by atoms with E-state index in [4.69, 9.17) is 0 Å². The van der Waals surface area contributed by atoms with E-state index in [1.807, 2.05) is 30.5 Å². The summed E-state index contributed by atoms with van der Waals surface area (Å²) in [5.41, 5.74) is 3.19. The van der Waals surface area contributed by atoms with Crippen LogP contribution in [0.2, 0.25) is 0 Å². The Hall–Kier alpha value is -2.50. The van der Waals surface area contributed by atoms with Gasteiger partial charge in [-0.1, -0.05) is 13.8 Å². The Balaban J connectivity index is 2.55. The molecule has 0 aromatic heterocycles. The van der Waals surface area contributed by atoms with Gasteiger partial charge in [-0.3, -0.25) is 9.36 Å². The molecule has 0 fully saturated rings. The molecule has 0 saturated carbocycles. The normalized spacial score (nSPS) is 11.7. The van der Waals surface area contributed by atoms with E-state index in [1.165, 1.54) is 7.05 Å². The first kappa shape index (κ1) is 15.4. The highest BCUT2D eigenvalue weighted by atomic mass is 16.2. The van der Waals surface area contributed by atoms with Crippen LogP contribution in [0.5, 0.6) is 0 Å². The molecule has 2 aliphatic rings. The fourth-order valence-electron chi connectivity index (χ4n) is 2.72. The van der Waals surface area contributed by atoms with Gasteiger partial charge in [-0.05, 0) is 43.0 Å². The molecule has 23 heavy (non-hydrogen) atoms. The molecule has 0 aliphatic carbocycles. The Morgan fingerprint density at radius 2 is 1.74 bits per heavy atom. The van der Waals surface area contributed by atoms with Crippen molar-refractivity contribution in [3.8, 4) is 11.5 Å². The summed E-state index contributed by atoms with van der Waals surface area (Å²) in [5.74, 6) is 0.707. The van der Waals surface area contributed by atoms with Crippen molar-refractivity contribution in [2.75, 3.05) is 0 Å². The van der Waals surface area contributed by atoms with Crippen LogP contribution in [-0.4, -0.2) is 19.1 Å². The third-order valence-corrected chi connectivity index (χ3v) is 4.12. The van der Waals surface area contributed by atoms with E-state index >= 15 is 0 Å². The molecule has 6 nitrogen and oxygen atoms in total. The molecule has 0 N–H and O–H groups in total. The molecule has 6 heteroatoms. The zero-order chi connectivity index (χ0) is 16.9. The molecular formula is C17H20N4O2. The first-order chi connectivity index (χ1) is 10.8. The van der Waals surface area contributed by atoms with Gasteiger partial charge in [0.1, 0.15) is 0 Å². The lowest BCUT2D eigenvalue weighted by Crippen LogP contribution is -2.36. The smallest absolute Gasteiger partial charge is 0.322 e. The average molecular weight is 312 g/mol. The SMILES string of the molecule is Cc1cc2nc3c(=O)n(C)c(=O)nc-3n(CC(C)C)c2cc1C. The molecule has 0 unspecified atom stereocenters. The van der Waals surface area contributed by atoms with Crippen LogP contribution in [0.1, 0.15) is 25.0 Å². The van der Waals surface area contributed by atoms with Gasteiger partial charge in [0.05, 0.1) is 11.0 Å². The number of rotatable bonds is 2. The summed E-state index contributed by atoms with van der Waals surface area (Å²) in [5, 5.41) is 0. The molecule has 0 bridgehead atoms. The molecule has 2 heterocycles. The minimum absolute atomic E-state index is 0.239. The van der Waals surface area contributed by atoms with E-state index in [0.717, 1.165) is 26.7 Å². The molecule has 0 atom stereocenters. The third kappa shape index (κ3) is 2.44. The van der Waals surface area contributed by atoms with E-state index in [0.29, 0.717) is 18.3 Å². The van der Waals surface area contributed by atoms with Gasteiger partial charge >= 0.3 is 5.69 Å². The topological polar surface area (TPSA) is 69.8 Å². The fraction of sp³-hybridized carbons (Fsp3) is 0.412. The zero-order valence-corrected chi connectivity index (χ0v) is 14.0. The molecule has 3 rings (SSSR count). The molecule has 0 spiro atoms. The Labute approximate surface area is 133 Å². The predicted molar refractivity (Wildman–Crippen MR) is 90.0 cm³/mol. The maximum absolute atomic E-state index is 12.4. The number of benzene rings is 1.